The predicted octanol–water partition coefficient (Wildman–Crippen LogP) is 1.37. The second-order valence-electron chi connectivity index (χ2n) is 5.46. The van der Waals surface area contributed by atoms with E-state index in [1.165, 1.54) is 44.7 Å². The molecule has 1 aliphatic heterocycles. The van der Waals surface area contributed by atoms with Gasteiger partial charge >= 0.3 is 0 Å². The monoisotopic (exact) mass is 262 g/mol. The van der Waals surface area contributed by atoms with E-state index in [9.17, 15) is 0 Å². The third-order valence-electron chi connectivity index (χ3n) is 3.88. The molecule has 1 aromatic heterocycles. The van der Waals surface area contributed by atoms with Crippen LogP contribution in [0.2, 0.25) is 0 Å². The Balaban J connectivity index is 1.59. The highest BCUT2D eigenvalue weighted by atomic mass is 15.2. The third-order valence-corrected chi connectivity index (χ3v) is 3.88. The molecule has 0 aromatic carbocycles. The van der Waals surface area contributed by atoms with Crippen molar-refractivity contribution in [1.29, 1.82) is 0 Å². The van der Waals surface area contributed by atoms with E-state index in [1.54, 1.807) is 0 Å². The van der Waals surface area contributed by atoms with Gasteiger partial charge in [-0.3, -0.25) is 4.98 Å². The van der Waals surface area contributed by atoms with Crippen LogP contribution in [0.4, 0.5) is 0 Å². The van der Waals surface area contributed by atoms with Gasteiger partial charge in [0.05, 0.1) is 0 Å². The molecule has 1 N–H and O–H groups in total. The Morgan fingerprint density at radius 1 is 1.32 bits per heavy atom. The van der Waals surface area contributed by atoms with Gasteiger partial charge in [0.1, 0.15) is 0 Å². The van der Waals surface area contributed by atoms with Crippen LogP contribution in [0.5, 0.6) is 0 Å². The molecule has 1 aliphatic rings. The maximum Gasteiger partial charge on any atom is 0.0315 e. The van der Waals surface area contributed by atoms with Gasteiger partial charge in [0, 0.05) is 44.6 Å². The average Bonchev–Trinajstić information content (AvgIpc) is 2.46. The van der Waals surface area contributed by atoms with Crippen molar-refractivity contribution < 1.29 is 0 Å². The molecular weight excluding hydrogens is 236 g/mol. The molecule has 19 heavy (non-hydrogen) atoms. The Morgan fingerprint density at radius 2 is 2.11 bits per heavy atom. The third kappa shape index (κ3) is 4.90. The second kappa shape index (κ2) is 7.58. The Morgan fingerprint density at radius 3 is 2.79 bits per heavy atom. The van der Waals surface area contributed by atoms with Crippen LogP contribution in [-0.2, 0) is 0 Å². The summed E-state index contributed by atoms with van der Waals surface area (Å²) in [5.74, 6) is 0. The van der Waals surface area contributed by atoms with Crippen LogP contribution in [0, 0.1) is 0 Å². The van der Waals surface area contributed by atoms with Gasteiger partial charge in [-0.25, -0.2) is 0 Å². The normalized spacial score (nSPS) is 19.5. The fourth-order valence-corrected chi connectivity index (χ4v) is 2.44. The van der Waals surface area contributed by atoms with Crippen LogP contribution in [0.15, 0.2) is 24.5 Å². The van der Waals surface area contributed by atoms with Crippen molar-refractivity contribution in [1.82, 2.24) is 20.1 Å². The molecule has 1 aromatic rings. The minimum atomic E-state index is 0.390. The van der Waals surface area contributed by atoms with Crippen LogP contribution < -0.4 is 5.32 Å². The van der Waals surface area contributed by atoms with Crippen LogP contribution in [0.1, 0.15) is 24.9 Å². The largest absolute Gasteiger partial charge is 0.310 e. The first kappa shape index (κ1) is 14.4. The zero-order chi connectivity index (χ0) is 13.5. The van der Waals surface area contributed by atoms with Crippen LogP contribution in [0.3, 0.4) is 0 Å². The summed E-state index contributed by atoms with van der Waals surface area (Å²) in [5, 5.41) is 3.57. The standard InChI is InChI=1S/C15H26N4/c1-14(15-5-3-6-16-13-15)17-7-4-8-19-11-9-18(2)10-12-19/h3,5-6,13-14,17H,4,7-12H2,1-2H3. The molecule has 0 saturated carbocycles. The lowest BCUT2D eigenvalue weighted by Crippen LogP contribution is -2.45. The van der Waals surface area contributed by atoms with Crippen molar-refractivity contribution in [2.45, 2.75) is 19.4 Å². The van der Waals surface area contributed by atoms with Crippen molar-refractivity contribution >= 4 is 0 Å². The Hall–Kier alpha value is -0.970. The highest BCUT2D eigenvalue weighted by molar-refractivity contribution is 5.12. The molecule has 0 bridgehead atoms. The summed E-state index contributed by atoms with van der Waals surface area (Å²) in [6, 6.07) is 4.52. The molecule has 106 valence electrons. The van der Waals surface area contributed by atoms with Crippen LogP contribution >= 0.6 is 0 Å². The van der Waals surface area contributed by atoms with Gasteiger partial charge in [0.25, 0.3) is 0 Å². The molecule has 1 fully saturated rings. The van der Waals surface area contributed by atoms with E-state index in [1.807, 2.05) is 18.5 Å². The summed E-state index contributed by atoms with van der Waals surface area (Å²) in [6.07, 6.45) is 4.98. The highest BCUT2D eigenvalue weighted by Crippen LogP contribution is 2.09. The maximum atomic E-state index is 4.16. The number of likely N-dealkylation sites (N-methyl/N-ethyl adjacent to an activating group) is 1. The number of rotatable bonds is 6. The topological polar surface area (TPSA) is 31.4 Å². The minimum absolute atomic E-state index is 0.390. The molecular formula is C15H26N4. The van der Waals surface area contributed by atoms with Gasteiger partial charge in [-0.05, 0) is 45.1 Å². The van der Waals surface area contributed by atoms with Gasteiger partial charge in [-0.2, -0.15) is 0 Å². The number of aromatic nitrogens is 1. The summed E-state index contributed by atoms with van der Waals surface area (Å²) in [6.45, 7) is 9.33. The molecule has 4 nitrogen and oxygen atoms in total. The van der Waals surface area contributed by atoms with Gasteiger partial charge in [-0.15, -0.1) is 0 Å². The molecule has 1 saturated heterocycles. The van der Waals surface area contributed by atoms with E-state index in [2.05, 4.69) is 40.1 Å². The fourth-order valence-electron chi connectivity index (χ4n) is 2.44. The fraction of sp³-hybridized carbons (Fsp3) is 0.667. The van der Waals surface area contributed by atoms with E-state index in [0.29, 0.717) is 6.04 Å². The summed E-state index contributed by atoms with van der Waals surface area (Å²) < 4.78 is 0. The second-order valence-corrected chi connectivity index (χ2v) is 5.46. The zero-order valence-corrected chi connectivity index (χ0v) is 12.2. The molecule has 2 rings (SSSR count). The molecule has 1 atom stereocenters. The van der Waals surface area contributed by atoms with Crippen molar-refractivity contribution in [2.75, 3.05) is 46.3 Å². The van der Waals surface area contributed by atoms with Crippen molar-refractivity contribution in [3.8, 4) is 0 Å². The molecule has 4 heteroatoms. The van der Waals surface area contributed by atoms with Crippen LogP contribution in [-0.4, -0.2) is 61.1 Å². The minimum Gasteiger partial charge on any atom is -0.310 e. The number of nitrogens with one attached hydrogen (secondary N) is 1. The number of piperazine rings is 1. The van der Waals surface area contributed by atoms with Gasteiger partial charge in [0.15, 0.2) is 0 Å². The average molecular weight is 262 g/mol. The first-order valence-electron chi connectivity index (χ1n) is 7.30. The quantitative estimate of drug-likeness (QED) is 0.785. The molecule has 0 aliphatic carbocycles. The van der Waals surface area contributed by atoms with Gasteiger partial charge in [-0.1, -0.05) is 6.07 Å². The van der Waals surface area contributed by atoms with E-state index in [0.717, 1.165) is 6.54 Å². The first-order valence-corrected chi connectivity index (χ1v) is 7.30. The lowest BCUT2D eigenvalue weighted by molar-refractivity contribution is 0.152. The first-order chi connectivity index (χ1) is 9.25. The summed E-state index contributed by atoms with van der Waals surface area (Å²) in [5.41, 5.74) is 1.27. The van der Waals surface area contributed by atoms with Crippen LogP contribution in [0.25, 0.3) is 0 Å². The number of hydrogen-bond acceptors (Lipinski definition) is 4. The Kier molecular flexibility index (Phi) is 5.76. The molecule has 0 spiro atoms. The number of hydrogen-bond donors (Lipinski definition) is 1. The Labute approximate surface area is 116 Å². The van der Waals surface area contributed by atoms with E-state index < -0.39 is 0 Å². The molecule has 0 radical (unpaired) electrons. The van der Waals surface area contributed by atoms with Crippen molar-refractivity contribution in [3.63, 3.8) is 0 Å². The summed E-state index contributed by atoms with van der Waals surface area (Å²) in [7, 11) is 2.20. The SMILES string of the molecule is CC(NCCCN1CCN(C)CC1)c1cccnc1. The lowest BCUT2D eigenvalue weighted by atomic mass is 10.1. The van der Waals surface area contributed by atoms with Crippen molar-refractivity contribution in [3.05, 3.63) is 30.1 Å². The smallest absolute Gasteiger partial charge is 0.0315 e. The molecule has 1 unspecified atom stereocenters. The summed E-state index contributed by atoms with van der Waals surface area (Å²) >= 11 is 0. The van der Waals surface area contributed by atoms with E-state index >= 15 is 0 Å². The van der Waals surface area contributed by atoms with Gasteiger partial charge < -0.3 is 15.1 Å². The molecule has 0 amide bonds. The Bertz CT molecular complexity index is 346. The van der Waals surface area contributed by atoms with Crippen molar-refractivity contribution in [2.24, 2.45) is 0 Å². The van der Waals surface area contributed by atoms with Gasteiger partial charge in [0.2, 0.25) is 0 Å². The zero-order valence-electron chi connectivity index (χ0n) is 12.2. The summed E-state index contributed by atoms with van der Waals surface area (Å²) in [4.78, 5) is 9.13. The maximum absolute atomic E-state index is 4.16. The molecule has 2 heterocycles. The van der Waals surface area contributed by atoms with E-state index in [-0.39, 0.29) is 0 Å². The van der Waals surface area contributed by atoms with E-state index in [4.69, 9.17) is 0 Å². The predicted molar refractivity (Wildman–Crippen MR) is 79.2 cm³/mol. The highest BCUT2D eigenvalue weighted by Gasteiger charge is 2.12. The lowest BCUT2D eigenvalue weighted by Gasteiger charge is -2.32. The number of pyridine rings is 1. The number of nitrogens with zero attached hydrogens (tertiary/aromatic N) is 3.